The standard InChI is InChI=1S/C15H15O4S.3C4H9.Sn/c1-10-5-6-20-14(10)8-18-12-3-4-13(11(2)7-12)19-9-15(16)17;3*1-3-4-2;/h3-5,7H,8-9H2,1-2H3,(H,16,17);3*1,3-4H2,2H3;. The molecule has 1 heterocycles. The van der Waals surface area contributed by atoms with Crippen LogP contribution in [0.15, 0.2) is 24.3 Å². The molecule has 184 valence electrons. The fourth-order valence-electron chi connectivity index (χ4n) is 4.38. The van der Waals surface area contributed by atoms with Crippen molar-refractivity contribution in [2.45, 2.75) is 93.1 Å². The molecule has 0 saturated carbocycles. The number of aliphatic carboxylic acids is 1. The van der Waals surface area contributed by atoms with Crippen LogP contribution >= 0.6 is 11.3 Å². The molecule has 4 nitrogen and oxygen atoms in total. The normalized spacial score (nSPS) is 11.5. The second-order valence-corrected chi connectivity index (χ2v) is 24.5. The van der Waals surface area contributed by atoms with Gasteiger partial charge in [0.05, 0.1) is 0 Å². The molecule has 0 aliphatic heterocycles. The van der Waals surface area contributed by atoms with Gasteiger partial charge in [-0.2, -0.15) is 0 Å². The van der Waals surface area contributed by atoms with Crippen LogP contribution in [0.25, 0.3) is 0 Å². The SMILES string of the molecule is CCC[CH2][Sn]([CH2]CCC)([CH2]CCC)[c]1cc(C)c(COc2ccc(OCC(=O)O)c(C)c2)s1. The first kappa shape index (κ1) is 28.0. The van der Waals surface area contributed by atoms with Gasteiger partial charge < -0.3 is 5.11 Å². The molecular formula is C27H42O4SSn. The third kappa shape index (κ3) is 8.50. The van der Waals surface area contributed by atoms with Gasteiger partial charge in [0.15, 0.2) is 0 Å². The first-order chi connectivity index (χ1) is 15.8. The summed E-state index contributed by atoms with van der Waals surface area (Å²) in [6.07, 6.45) is 8.01. The average Bonchev–Trinajstić information content (AvgIpc) is 3.17. The van der Waals surface area contributed by atoms with Crippen molar-refractivity contribution in [2.24, 2.45) is 0 Å². The van der Waals surface area contributed by atoms with Crippen molar-refractivity contribution in [3.05, 3.63) is 40.3 Å². The van der Waals surface area contributed by atoms with E-state index in [0.717, 1.165) is 11.3 Å². The van der Waals surface area contributed by atoms with Crippen LogP contribution in [-0.4, -0.2) is 36.1 Å². The summed E-state index contributed by atoms with van der Waals surface area (Å²) in [5.74, 6) is 0.403. The van der Waals surface area contributed by atoms with E-state index >= 15 is 0 Å². The van der Waals surface area contributed by atoms with E-state index in [1.165, 1.54) is 62.3 Å². The fourth-order valence-corrected chi connectivity index (χ4v) is 25.0. The third-order valence-electron chi connectivity index (χ3n) is 6.44. The molecule has 6 heteroatoms. The maximum absolute atomic E-state index is 10.7. The van der Waals surface area contributed by atoms with E-state index in [9.17, 15) is 4.79 Å². The van der Waals surface area contributed by atoms with Crippen LogP contribution < -0.4 is 12.4 Å². The van der Waals surface area contributed by atoms with Gasteiger partial charge in [-0.1, -0.05) is 0 Å². The Morgan fingerprint density at radius 1 is 0.909 bits per heavy atom. The van der Waals surface area contributed by atoms with Crippen molar-refractivity contribution in [3.8, 4) is 11.5 Å². The molecule has 1 N–H and O–H groups in total. The van der Waals surface area contributed by atoms with Gasteiger partial charge in [-0.3, -0.25) is 0 Å². The Labute approximate surface area is 208 Å². The van der Waals surface area contributed by atoms with Crippen LogP contribution in [0.4, 0.5) is 0 Å². The van der Waals surface area contributed by atoms with E-state index in [4.69, 9.17) is 14.6 Å². The molecule has 0 saturated heterocycles. The van der Waals surface area contributed by atoms with Gasteiger partial charge in [-0.15, -0.1) is 0 Å². The van der Waals surface area contributed by atoms with E-state index in [1.807, 2.05) is 30.4 Å². The Morgan fingerprint density at radius 3 is 2.03 bits per heavy atom. The number of thiophene rings is 1. The summed E-state index contributed by atoms with van der Waals surface area (Å²) in [6, 6.07) is 8.10. The van der Waals surface area contributed by atoms with E-state index in [-0.39, 0.29) is 6.61 Å². The van der Waals surface area contributed by atoms with E-state index in [0.29, 0.717) is 12.4 Å². The van der Waals surface area contributed by atoms with Crippen molar-refractivity contribution < 1.29 is 19.4 Å². The Bertz CT molecular complexity index is 855. The molecule has 2 aromatic rings. The summed E-state index contributed by atoms with van der Waals surface area (Å²) < 4.78 is 17.7. The van der Waals surface area contributed by atoms with Gasteiger partial charge in [-0.25, -0.2) is 4.79 Å². The average molecular weight is 581 g/mol. The number of benzene rings is 1. The summed E-state index contributed by atoms with van der Waals surface area (Å²) >= 11 is -0.373. The molecule has 1 aromatic carbocycles. The summed E-state index contributed by atoms with van der Waals surface area (Å²) in [4.78, 5) is 12.1. The van der Waals surface area contributed by atoms with Gasteiger partial charge in [0.2, 0.25) is 0 Å². The Morgan fingerprint density at radius 2 is 1.52 bits per heavy atom. The molecule has 0 aliphatic carbocycles. The number of aryl methyl sites for hydroxylation is 2. The summed E-state index contributed by atoms with van der Waals surface area (Å²) in [5, 5.41) is 8.81. The molecule has 0 spiro atoms. The van der Waals surface area contributed by atoms with Crippen LogP contribution in [0.3, 0.4) is 0 Å². The Kier molecular flexibility index (Phi) is 12.1. The molecule has 0 radical (unpaired) electrons. The third-order valence-corrected chi connectivity index (χ3v) is 25.9. The van der Waals surface area contributed by atoms with Crippen LogP contribution in [-0.2, 0) is 11.4 Å². The monoisotopic (exact) mass is 582 g/mol. The molecule has 0 amide bonds. The minimum absolute atomic E-state index is 0.333. The number of hydrogen-bond acceptors (Lipinski definition) is 4. The molecule has 0 bridgehead atoms. The Balaban J connectivity index is 2.17. The quantitative estimate of drug-likeness (QED) is 0.209. The topological polar surface area (TPSA) is 55.8 Å². The molecule has 33 heavy (non-hydrogen) atoms. The zero-order valence-corrected chi connectivity index (χ0v) is 24.8. The zero-order chi connectivity index (χ0) is 24.3. The van der Waals surface area contributed by atoms with Gasteiger partial charge in [0.25, 0.3) is 0 Å². The first-order valence-corrected chi connectivity index (χ1v) is 20.8. The second kappa shape index (κ2) is 14.2. The molecular weight excluding hydrogens is 539 g/mol. The van der Waals surface area contributed by atoms with Crippen molar-refractivity contribution in [1.29, 1.82) is 0 Å². The first-order valence-electron chi connectivity index (χ1n) is 12.5. The summed E-state index contributed by atoms with van der Waals surface area (Å²) in [6.45, 7) is 11.4. The van der Waals surface area contributed by atoms with E-state index in [1.54, 1.807) is 8.96 Å². The van der Waals surface area contributed by atoms with E-state index in [2.05, 4.69) is 33.8 Å². The molecule has 1 aromatic heterocycles. The summed E-state index contributed by atoms with van der Waals surface area (Å²) in [5.41, 5.74) is 2.25. The number of rotatable bonds is 16. The molecule has 0 unspecified atom stereocenters. The van der Waals surface area contributed by atoms with Crippen LogP contribution in [0.2, 0.25) is 13.3 Å². The van der Waals surface area contributed by atoms with Gasteiger partial charge in [0, 0.05) is 0 Å². The number of ether oxygens (including phenoxy) is 2. The van der Waals surface area contributed by atoms with Crippen molar-refractivity contribution in [2.75, 3.05) is 6.61 Å². The zero-order valence-electron chi connectivity index (χ0n) is 21.2. The van der Waals surface area contributed by atoms with Crippen molar-refractivity contribution >= 4 is 38.6 Å². The van der Waals surface area contributed by atoms with Gasteiger partial charge in [-0.05, 0) is 0 Å². The number of hydrogen-bond donors (Lipinski definition) is 1. The summed E-state index contributed by atoms with van der Waals surface area (Å²) in [7, 11) is 0. The van der Waals surface area contributed by atoms with Crippen molar-refractivity contribution in [1.82, 2.24) is 0 Å². The predicted octanol–water partition coefficient (Wildman–Crippen LogP) is 7.46. The minimum atomic E-state index is -2.41. The number of carboxylic acid groups (broad SMARTS) is 1. The number of carboxylic acids is 1. The van der Waals surface area contributed by atoms with Crippen LogP contribution in [0.5, 0.6) is 11.5 Å². The molecule has 2 rings (SSSR count). The van der Waals surface area contributed by atoms with Crippen LogP contribution in [0, 0.1) is 13.8 Å². The molecule has 0 fully saturated rings. The number of carbonyl (C=O) groups is 1. The van der Waals surface area contributed by atoms with E-state index < -0.39 is 24.3 Å². The fraction of sp³-hybridized carbons (Fsp3) is 0.593. The predicted molar refractivity (Wildman–Crippen MR) is 142 cm³/mol. The maximum atomic E-state index is 10.7. The van der Waals surface area contributed by atoms with Crippen molar-refractivity contribution in [3.63, 3.8) is 0 Å². The van der Waals surface area contributed by atoms with Gasteiger partial charge >= 0.3 is 199 Å². The number of unbranched alkanes of at least 4 members (excludes halogenated alkanes) is 3. The molecule has 0 atom stereocenters. The Hall–Kier alpha value is -1.21. The van der Waals surface area contributed by atoms with Crippen LogP contribution in [0.1, 0.15) is 75.3 Å². The second-order valence-electron chi connectivity index (χ2n) is 9.21. The van der Waals surface area contributed by atoms with Gasteiger partial charge in [0.1, 0.15) is 0 Å². The molecule has 0 aliphatic rings.